The van der Waals surface area contributed by atoms with Gasteiger partial charge in [-0.2, -0.15) is 21.6 Å². The summed E-state index contributed by atoms with van der Waals surface area (Å²) in [5, 5.41) is 8.73. The van der Waals surface area contributed by atoms with E-state index in [1.54, 1.807) is 0 Å². The molecule has 0 unspecified atom stereocenters. The zero-order valence-electron chi connectivity index (χ0n) is 31.4. The highest BCUT2D eigenvalue weighted by atomic mass is 32.2. The number of hydrogen-bond acceptors (Lipinski definition) is 7. The highest BCUT2D eigenvalue weighted by Gasteiger charge is 2.51. The van der Waals surface area contributed by atoms with Crippen LogP contribution < -0.4 is 0 Å². The van der Waals surface area contributed by atoms with E-state index in [2.05, 4.69) is 81.6 Å². The van der Waals surface area contributed by atoms with E-state index in [1.807, 2.05) is 12.2 Å². The van der Waals surface area contributed by atoms with Crippen molar-refractivity contribution in [2.75, 3.05) is 5.75 Å². The van der Waals surface area contributed by atoms with Crippen LogP contribution in [-0.2, 0) is 27.9 Å². The number of carboxylic acid groups (broad SMARTS) is 1. The Kier molecular flexibility index (Phi) is 17.1. The van der Waals surface area contributed by atoms with Gasteiger partial charge in [-0.05, 0) is 67.2 Å². The van der Waals surface area contributed by atoms with Crippen LogP contribution in [0.5, 0.6) is 0 Å². The number of carbonyl (C=O) groups is 1. The molecular weight excluding hydrogens is 698 g/mol. The van der Waals surface area contributed by atoms with Crippen LogP contribution in [0.2, 0.25) is 36.3 Å². The summed E-state index contributed by atoms with van der Waals surface area (Å²) in [6.45, 7) is 25.7. The van der Waals surface area contributed by atoms with Crippen molar-refractivity contribution in [3.8, 4) is 0 Å². The van der Waals surface area contributed by atoms with E-state index >= 15 is 0 Å². The van der Waals surface area contributed by atoms with Gasteiger partial charge in [0.05, 0.1) is 12.2 Å². The van der Waals surface area contributed by atoms with Crippen molar-refractivity contribution in [3.63, 3.8) is 0 Å². The van der Waals surface area contributed by atoms with Crippen molar-refractivity contribution >= 4 is 44.5 Å². The Bertz CT molecular complexity index is 1200. The smallest absolute Gasteiger partial charge is 0.481 e. The third-order valence-corrected chi connectivity index (χ3v) is 21.2. The molecule has 0 amide bonds. The maximum absolute atomic E-state index is 13.6. The van der Waals surface area contributed by atoms with Gasteiger partial charge in [-0.3, -0.25) is 4.79 Å². The molecule has 1 aliphatic rings. The molecule has 0 spiro atoms. The lowest BCUT2D eigenvalue weighted by Crippen LogP contribution is -2.45. The molecule has 0 saturated carbocycles. The molecule has 1 rings (SSSR count). The molecule has 0 heterocycles. The van der Waals surface area contributed by atoms with Gasteiger partial charge < -0.3 is 18.1 Å². The minimum Gasteiger partial charge on any atom is -0.481 e. The summed E-state index contributed by atoms with van der Waals surface area (Å²) in [6, 6.07) is 0. The fourth-order valence-electron chi connectivity index (χ4n) is 4.85. The van der Waals surface area contributed by atoms with Crippen LogP contribution in [0.3, 0.4) is 0 Å². The van der Waals surface area contributed by atoms with Crippen molar-refractivity contribution in [1.82, 2.24) is 0 Å². The van der Waals surface area contributed by atoms with Crippen LogP contribution in [0.15, 0.2) is 22.8 Å². The van der Waals surface area contributed by atoms with Gasteiger partial charge in [-0.25, -0.2) is 0 Å². The summed E-state index contributed by atoms with van der Waals surface area (Å²) >= 11 is 1.27. The van der Waals surface area contributed by atoms with Gasteiger partial charge >= 0.3 is 21.6 Å². The monoisotopic (exact) mass is 760 g/mol. The van der Waals surface area contributed by atoms with Gasteiger partial charge in [0.25, 0.3) is 0 Å². The first-order valence-corrected chi connectivity index (χ1v) is 25.5. The van der Waals surface area contributed by atoms with Gasteiger partial charge in [0.1, 0.15) is 5.76 Å². The first-order valence-electron chi connectivity index (χ1n) is 17.3. The molecule has 14 heteroatoms. The molecule has 7 nitrogen and oxygen atoms in total. The summed E-state index contributed by atoms with van der Waals surface area (Å²) in [5.74, 6) is -0.817. The predicted octanol–water partition coefficient (Wildman–Crippen LogP) is 11.0. The average Bonchev–Trinajstić information content (AvgIpc) is 3.19. The van der Waals surface area contributed by atoms with Crippen molar-refractivity contribution in [3.05, 3.63) is 22.8 Å². The number of rotatable bonds is 20. The predicted molar refractivity (Wildman–Crippen MR) is 196 cm³/mol. The van der Waals surface area contributed by atoms with Crippen molar-refractivity contribution in [2.24, 2.45) is 11.8 Å². The molecule has 0 aromatic heterocycles. The zero-order valence-corrected chi connectivity index (χ0v) is 35.0. The molecule has 0 aromatic carbocycles. The molecule has 0 fully saturated rings. The zero-order chi connectivity index (χ0) is 37.4. The first kappa shape index (κ1) is 45.2. The highest BCUT2D eigenvalue weighted by molar-refractivity contribution is 8.03. The van der Waals surface area contributed by atoms with E-state index in [0.29, 0.717) is 35.8 Å². The summed E-state index contributed by atoms with van der Waals surface area (Å²) in [5.41, 5.74) is -5.58. The lowest BCUT2D eigenvalue weighted by atomic mass is 9.96. The molecule has 0 aliphatic heterocycles. The molecule has 1 aliphatic carbocycles. The topological polar surface area (TPSA) is 99.1 Å². The molecule has 0 aromatic rings. The number of hydrogen-bond donors (Lipinski definition) is 1. The van der Waals surface area contributed by atoms with Crippen molar-refractivity contribution in [1.29, 1.82) is 0 Å². The Morgan fingerprint density at radius 3 is 2.08 bits per heavy atom. The molecule has 0 radical (unpaired) electrons. The summed E-state index contributed by atoms with van der Waals surface area (Å²) in [4.78, 5) is 11.4. The third-order valence-electron chi connectivity index (χ3n) is 9.87. The summed E-state index contributed by atoms with van der Waals surface area (Å²) < 4.78 is 83.9. The number of unbranched alkanes of at least 4 members (excludes halogenated alkanes) is 3. The van der Waals surface area contributed by atoms with Crippen LogP contribution in [-0.4, -0.2) is 59.6 Å². The van der Waals surface area contributed by atoms with Crippen LogP contribution >= 0.6 is 11.8 Å². The number of carboxylic acids is 1. The lowest BCUT2D eigenvalue weighted by molar-refractivity contribution is -0.137. The summed E-state index contributed by atoms with van der Waals surface area (Å²) in [6.07, 6.45) is 8.76. The first-order chi connectivity index (χ1) is 21.6. The maximum Gasteiger partial charge on any atom is 0.534 e. The third kappa shape index (κ3) is 14.1. The van der Waals surface area contributed by atoms with Crippen LogP contribution in [0.1, 0.15) is 113 Å². The van der Waals surface area contributed by atoms with Crippen LogP contribution in [0, 0.1) is 11.8 Å². The van der Waals surface area contributed by atoms with Gasteiger partial charge in [0.15, 0.2) is 16.6 Å². The molecule has 1 N–H and O–H groups in total. The van der Waals surface area contributed by atoms with E-state index in [1.165, 1.54) is 11.8 Å². The largest absolute Gasteiger partial charge is 0.534 e. The fraction of sp³-hybridized carbons (Fsp3) is 0.853. The van der Waals surface area contributed by atoms with E-state index in [4.69, 9.17) is 18.1 Å². The van der Waals surface area contributed by atoms with Crippen LogP contribution in [0.25, 0.3) is 0 Å². The van der Waals surface area contributed by atoms with Gasteiger partial charge in [0.2, 0.25) is 0 Å². The second-order valence-corrected chi connectivity index (χ2v) is 28.4. The molecular formula is C34H63F3O7S2Si2. The second kappa shape index (κ2) is 18.1. The Labute approximate surface area is 295 Å². The van der Waals surface area contributed by atoms with E-state index in [9.17, 15) is 26.4 Å². The fourth-order valence-corrected chi connectivity index (χ4v) is 9.32. The average molecular weight is 761 g/mol. The Balaban J connectivity index is 3.70. The van der Waals surface area contributed by atoms with Crippen molar-refractivity contribution in [2.45, 2.75) is 167 Å². The normalized spacial score (nSPS) is 20.1. The van der Waals surface area contributed by atoms with Gasteiger partial charge in [-0.1, -0.05) is 93.2 Å². The molecule has 282 valence electrons. The van der Waals surface area contributed by atoms with E-state index in [-0.39, 0.29) is 34.8 Å². The quantitative estimate of drug-likeness (QED) is 0.0430. The van der Waals surface area contributed by atoms with E-state index in [0.717, 1.165) is 25.7 Å². The molecule has 0 bridgehead atoms. The number of aliphatic carboxylic acids is 1. The minimum absolute atomic E-state index is 0.0334. The van der Waals surface area contributed by atoms with Gasteiger partial charge in [-0.15, -0.1) is 11.8 Å². The Morgan fingerprint density at radius 2 is 1.58 bits per heavy atom. The van der Waals surface area contributed by atoms with E-state index < -0.39 is 50.3 Å². The Hall–Kier alpha value is -0.806. The highest BCUT2D eigenvalue weighted by Crippen LogP contribution is 2.48. The number of halogens is 3. The SMILES string of the molecule is CCCC[C@@H](C)C[C@@H](/C=C/[C@@H]1C(SCCCCCC(=O)O)=C(OS(=O)(=O)C(F)(F)F)C[C@H]1O[Si](C)(C)C(C)(C)C)O[Si](C)(C)C(C)(C)C. The van der Waals surface area contributed by atoms with Crippen molar-refractivity contribution < 1.29 is 44.5 Å². The second-order valence-electron chi connectivity index (χ2n) is 16.3. The van der Waals surface area contributed by atoms with Crippen LogP contribution in [0.4, 0.5) is 13.2 Å². The number of alkyl halides is 3. The van der Waals surface area contributed by atoms with Gasteiger partial charge in [0, 0.05) is 23.7 Å². The molecule has 4 atom stereocenters. The lowest BCUT2D eigenvalue weighted by Gasteiger charge is -2.40. The number of thioether (sulfide) groups is 1. The minimum atomic E-state index is -5.90. The molecule has 0 saturated heterocycles. The standard InChI is InChI=1S/C34H63F3O7S2Si2/c1-13-14-18-25(2)23-26(43-47(9,10)32(3,4)5)20-21-27-28(44-48(11,12)33(6,7)8)24-29(42-46(40,41)34(35,36)37)31(27)45-22-17-15-16-19-30(38)39/h20-21,25-28H,13-19,22-24H2,1-12H3,(H,38,39)/b21-20+/t25-,26-,27+,28-/m1/s1. The molecule has 48 heavy (non-hydrogen) atoms. The Morgan fingerprint density at radius 1 is 1.00 bits per heavy atom. The summed E-state index contributed by atoms with van der Waals surface area (Å²) in [7, 11) is -10.6. The maximum atomic E-state index is 13.6.